The summed E-state index contributed by atoms with van der Waals surface area (Å²) in [5, 5.41) is 5.49. The average Bonchev–Trinajstić information content (AvgIpc) is 2.87. The average molecular weight is 458 g/mol. The van der Waals surface area contributed by atoms with Crippen LogP contribution in [-0.2, 0) is 14.3 Å². The summed E-state index contributed by atoms with van der Waals surface area (Å²) >= 11 is 0. The van der Waals surface area contributed by atoms with Gasteiger partial charge in [-0.2, -0.15) is 0 Å². The lowest BCUT2D eigenvalue weighted by atomic mass is 10.0. The number of hydrogen-bond donors (Lipinski definition) is 2. The van der Waals surface area contributed by atoms with E-state index in [0.717, 1.165) is 5.56 Å². The standard InChI is InChI=1S/C26H22N2O6/c29-22(19-11-12-23-21(13-19)27-24(30)16-33-23)15-34-25(31)14-20(17-7-3-1-4-8-17)28-26(32)18-9-5-2-6-10-18/h1-13,20H,14-16H2,(H,27,30)(H,28,32)/t20-/m0/s1. The van der Waals surface area contributed by atoms with Crippen LogP contribution in [0.5, 0.6) is 5.75 Å². The van der Waals surface area contributed by atoms with Gasteiger partial charge in [0.05, 0.1) is 18.2 Å². The number of ether oxygens (including phenoxy) is 2. The molecule has 4 rings (SSSR count). The second-order valence-corrected chi connectivity index (χ2v) is 7.64. The zero-order valence-corrected chi connectivity index (χ0v) is 18.2. The number of anilines is 1. The van der Waals surface area contributed by atoms with Crippen molar-refractivity contribution in [1.82, 2.24) is 5.32 Å². The number of benzene rings is 3. The maximum atomic E-state index is 12.6. The molecule has 0 saturated carbocycles. The number of hydrogen-bond acceptors (Lipinski definition) is 6. The Bertz CT molecular complexity index is 1210. The topological polar surface area (TPSA) is 111 Å². The van der Waals surface area contributed by atoms with Gasteiger partial charge in [-0.15, -0.1) is 0 Å². The van der Waals surface area contributed by atoms with Gasteiger partial charge in [-0.1, -0.05) is 48.5 Å². The monoisotopic (exact) mass is 458 g/mol. The van der Waals surface area contributed by atoms with E-state index in [9.17, 15) is 19.2 Å². The molecule has 0 aliphatic carbocycles. The number of Topliss-reactive ketones (excluding diaryl/α,β-unsaturated/α-hetero) is 1. The van der Waals surface area contributed by atoms with Gasteiger partial charge in [0, 0.05) is 11.1 Å². The van der Waals surface area contributed by atoms with Crippen LogP contribution < -0.4 is 15.4 Å². The summed E-state index contributed by atoms with van der Waals surface area (Å²) in [5.74, 6) is -1.23. The molecule has 1 aliphatic rings. The number of carbonyl (C=O) groups excluding carboxylic acids is 4. The van der Waals surface area contributed by atoms with Crippen molar-refractivity contribution in [3.63, 3.8) is 0 Å². The van der Waals surface area contributed by atoms with Crippen LogP contribution in [-0.4, -0.2) is 36.8 Å². The largest absolute Gasteiger partial charge is 0.482 e. The zero-order chi connectivity index (χ0) is 23.9. The number of amides is 2. The maximum Gasteiger partial charge on any atom is 0.308 e. The first-order valence-corrected chi connectivity index (χ1v) is 10.7. The molecule has 0 fully saturated rings. The highest BCUT2D eigenvalue weighted by Gasteiger charge is 2.22. The van der Waals surface area contributed by atoms with E-state index in [4.69, 9.17) is 9.47 Å². The zero-order valence-electron chi connectivity index (χ0n) is 18.2. The lowest BCUT2D eigenvalue weighted by Gasteiger charge is -2.19. The number of carbonyl (C=O) groups is 4. The van der Waals surface area contributed by atoms with Crippen molar-refractivity contribution in [2.45, 2.75) is 12.5 Å². The smallest absolute Gasteiger partial charge is 0.308 e. The van der Waals surface area contributed by atoms with Gasteiger partial charge in [0.25, 0.3) is 11.8 Å². The Kier molecular flexibility index (Phi) is 6.98. The molecular formula is C26H22N2O6. The molecule has 0 bridgehead atoms. The third kappa shape index (κ3) is 5.66. The van der Waals surface area contributed by atoms with Crippen LogP contribution in [0.3, 0.4) is 0 Å². The molecular weight excluding hydrogens is 436 g/mol. The third-order valence-corrected chi connectivity index (χ3v) is 5.21. The van der Waals surface area contributed by atoms with Gasteiger partial charge in [0.2, 0.25) is 0 Å². The first-order chi connectivity index (χ1) is 16.5. The lowest BCUT2D eigenvalue weighted by molar-refractivity contribution is -0.143. The Hall–Kier alpha value is -4.46. The summed E-state index contributed by atoms with van der Waals surface area (Å²) in [4.78, 5) is 49.2. The predicted molar refractivity (Wildman–Crippen MR) is 124 cm³/mol. The Morgan fingerprint density at radius 3 is 2.38 bits per heavy atom. The molecule has 0 spiro atoms. The van der Waals surface area contributed by atoms with Crippen molar-refractivity contribution >= 4 is 29.3 Å². The fraction of sp³-hybridized carbons (Fsp3) is 0.154. The van der Waals surface area contributed by atoms with Crippen molar-refractivity contribution in [1.29, 1.82) is 0 Å². The summed E-state index contributed by atoms with van der Waals surface area (Å²) in [6.45, 7) is -0.554. The molecule has 2 N–H and O–H groups in total. The molecule has 34 heavy (non-hydrogen) atoms. The van der Waals surface area contributed by atoms with E-state index in [1.165, 1.54) is 6.07 Å². The molecule has 1 heterocycles. The Balaban J connectivity index is 1.39. The van der Waals surface area contributed by atoms with Crippen LogP contribution in [0.2, 0.25) is 0 Å². The van der Waals surface area contributed by atoms with Crippen LogP contribution in [0, 0.1) is 0 Å². The summed E-state index contributed by atoms with van der Waals surface area (Å²) in [6, 6.07) is 21.7. The van der Waals surface area contributed by atoms with Crippen molar-refractivity contribution in [2.75, 3.05) is 18.5 Å². The molecule has 8 heteroatoms. The summed E-state index contributed by atoms with van der Waals surface area (Å²) < 4.78 is 10.5. The van der Waals surface area contributed by atoms with E-state index >= 15 is 0 Å². The fourth-order valence-corrected chi connectivity index (χ4v) is 3.48. The third-order valence-electron chi connectivity index (χ3n) is 5.21. The molecule has 0 radical (unpaired) electrons. The number of fused-ring (bicyclic) bond motifs is 1. The summed E-state index contributed by atoms with van der Waals surface area (Å²) in [5.41, 5.74) is 1.87. The van der Waals surface area contributed by atoms with E-state index in [1.807, 2.05) is 24.3 Å². The Labute approximate surface area is 195 Å². The molecule has 1 aliphatic heterocycles. The molecule has 172 valence electrons. The van der Waals surface area contributed by atoms with Crippen LogP contribution >= 0.6 is 0 Å². The molecule has 3 aromatic rings. The second kappa shape index (κ2) is 10.4. The van der Waals surface area contributed by atoms with E-state index in [2.05, 4.69) is 10.6 Å². The molecule has 8 nitrogen and oxygen atoms in total. The number of rotatable bonds is 8. The van der Waals surface area contributed by atoms with Gasteiger partial charge in [-0.3, -0.25) is 19.2 Å². The first-order valence-electron chi connectivity index (χ1n) is 10.7. The minimum absolute atomic E-state index is 0.0820. The Morgan fingerprint density at radius 1 is 0.941 bits per heavy atom. The summed E-state index contributed by atoms with van der Waals surface area (Å²) in [6.07, 6.45) is -0.149. The van der Waals surface area contributed by atoms with Crippen LogP contribution in [0.4, 0.5) is 5.69 Å². The van der Waals surface area contributed by atoms with Crippen molar-refractivity contribution < 1.29 is 28.7 Å². The molecule has 3 aromatic carbocycles. The van der Waals surface area contributed by atoms with Crippen molar-refractivity contribution in [3.05, 3.63) is 95.6 Å². The van der Waals surface area contributed by atoms with Gasteiger partial charge < -0.3 is 20.1 Å². The van der Waals surface area contributed by atoms with Gasteiger partial charge in [-0.25, -0.2) is 0 Å². The van der Waals surface area contributed by atoms with Crippen LogP contribution in [0.1, 0.15) is 38.7 Å². The highest BCUT2D eigenvalue weighted by Crippen LogP contribution is 2.28. The Morgan fingerprint density at radius 2 is 1.65 bits per heavy atom. The van der Waals surface area contributed by atoms with Crippen LogP contribution in [0.15, 0.2) is 78.9 Å². The molecule has 0 aromatic heterocycles. The van der Waals surface area contributed by atoms with E-state index in [0.29, 0.717) is 17.0 Å². The van der Waals surface area contributed by atoms with E-state index in [-0.39, 0.29) is 30.4 Å². The van der Waals surface area contributed by atoms with Gasteiger partial charge >= 0.3 is 5.97 Å². The number of nitrogens with one attached hydrogen (secondary N) is 2. The number of esters is 1. The highest BCUT2D eigenvalue weighted by atomic mass is 16.5. The molecule has 0 saturated heterocycles. The second-order valence-electron chi connectivity index (χ2n) is 7.64. The minimum atomic E-state index is -0.634. The van der Waals surface area contributed by atoms with E-state index < -0.39 is 24.4 Å². The van der Waals surface area contributed by atoms with Gasteiger partial charge in [-0.05, 0) is 35.9 Å². The summed E-state index contributed by atoms with van der Waals surface area (Å²) in [7, 11) is 0. The predicted octanol–water partition coefficient (Wildman–Crippen LogP) is 3.30. The van der Waals surface area contributed by atoms with Gasteiger partial charge in [0.1, 0.15) is 5.75 Å². The quantitative estimate of drug-likeness (QED) is 0.396. The van der Waals surface area contributed by atoms with Crippen LogP contribution in [0.25, 0.3) is 0 Å². The fourth-order valence-electron chi connectivity index (χ4n) is 3.48. The van der Waals surface area contributed by atoms with Crippen molar-refractivity contribution in [2.24, 2.45) is 0 Å². The minimum Gasteiger partial charge on any atom is -0.482 e. The highest BCUT2D eigenvalue weighted by molar-refractivity contribution is 6.01. The molecule has 2 amide bonds. The SMILES string of the molecule is O=C1COc2ccc(C(=O)COC(=O)C[C@H](NC(=O)c3ccccc3)c3ccccc3)cc2N1. The van der Waals surface area contributed by atoms with Gasteiger partial charge in [0.15, 0.2) is 19.0 Å². The maximum absolute atomic E-state index is 12.6. The molecule has 1 atom stereocenters. The number of ketones is 1. The molecule has 0 unspecified atom stereocenters. The normalized spacial score (nSPS) is 13.0. The van der Waals surface area contributed by atoms with Crippen molar-refractivity contribution in [3.8, 4) is 5.75 Å². The first kappa shape index (κ1) is 22.7. The van der Waals surface area contributed by atoms with E-state index in [1.54, 1.807) is 48.5 Å². The lowest BCUT2D eigenvalue weighted by Crippen LogP contribution is -2.31.